The maximum atomic E-state index is 12.9. The Bertz CT molecular complexity index is 1870. The molecule has 0 spiro atoms. The molecule has 0 fully saturated rings. The largest absolute Gasteiger partial charge is 0.462 e. The highest BCUT2D eigenvalue weighted by atomic mass is 16.6. The van der Waals surface area contributed by atoms with Crippen molar-refractivity contribution in [2.45, 2.75) is 245 Å². The Morgan fingerprint density at radius 2 is 0.468 bits per heavy atom. The van der Waals surface area contributed by atoms with E-state index in [-0.39, 0.29) is 37.5 Å². The van der Waals surface area contributed by atoms with Crippen molar-refractivity contribution < 1.29 is 28.6 Å². The van der Waals surface area contributed by atoms with Crippen LogP contribution >= 0.6 is 0 Å². The van der Waals surface area contributed by atoms with E-state index in [2.05, 4.69) is 203 Å². The number of ether oxygens (including phenoxy) is 3. The minimum atomic E-state index is -0.831. The zero-order valence-electron chi connectivity index (χ0n) is 50.3. The summed E-state index contributed by atoms with van der Waals surface area (Å²) in [5.41, 5.74) is 0. The first-order chi connectivity index (χ1) is 39.0. The number of unbranched alkanes of at least 4 members (excludes halogenated alkanes) is 13. The summed E-state index contributed by atoms with van der Waals surface area (Å²) >= 11 is 0. The van der Waals surface area contributed by atoms with E-state index in [4.69, 9.17) is 14.2 Å². The third-order valence-electron chi connectivity index (χ3n) is 12.4. The molecule has 0 aliphatic carbocycles. The normalized spacial score (nSPS) is 13.4. The number of rotatable bonds is 54. The van der Waals surface area contributed by atoms with Gasteiger partial charge in [0.05, 0.1) is 0 Å². The molecule has 0 aromatic heterocycles. The number of esters is 3. The third kappa shape index (κ3) is 63.2. The van der Waals surface area contributed by atoms with Crippen LogP contribution in [0, 0.1) is 0 Å². The summed E-state index contributed by atoms with van der Waals surface area (Å²) in [6, 6.07) is 0. The van der Waals surface area contributed by atoms with Crippen molar-refractivity contribution in [1.29, 1.82) is 0 Å². The van der Waals surface area contributed by atoms with Crippen LogP contribution in [0.4, 0.5) is 0 Å². The van der Waals surface area contributed by atoms with Crippen LogP contribution in [-0.2, 0) is 28.6 Å². The van der Waals surface area contributed by atoms with E-state index in [9.17, 15) is 14.4 Å². The predicted octanol–water partition coefficient (Wildman–Crippen LogP) is 21.7. The van der Waals surface area contributed by atoms with E-state index in [0.717, 1.165) is 173 Å². The monoisotopic (exact) mass is 1080 g/mol. The summed E-state index contributed by atoms with van der Waals surface area (Å²) in [4.78, 5) is 38.3. The van der Waals surface area contributed by atoms with Gasteiger partial charge in [-0.25, -0.2) is 0 Å². The maximum absolute atomic E-state index is 12.9. The molecule has 0 radical (unpaired) electrons. The topological polar surface area (TPSA) is 78.9 Å². The first-order valence-electron chi connectivity index (χ1n) is 31.3. The van der Waals surface area contributed by atoms with Crippen molar-refractivity contribution in [3.05, 3.63) is 182 Å². The minimum Gasteiger partial charge on any atom is -0.462 e. The van der Waals surface area contributed by atoms with Crippen LogP contribution in [0.2, 0.25) is 0 Å². The zero-order valence-corrected chi connectivity index (χ0v) is 50.3. The van der Waals surface area contributed by atoms with E-state index >= 15 is 0 Å². The Kier molecular flexibility index (Phi) is 60.5. The summed E-state index contributed by atoms with van der Waals surface area (Å²) in [5.74, 6) is -1.02. The van der Waals surface area contributed by atoms with Gasteiger partial charge in [-0.3, -0.25) is 14.4 Å². The highest BCUT2D eigenvalue weighted by Gasteiger charge is 2.19. The lowest BCUT2D eigenvalue weighted by Crippen LogP contribution is -2.30. The average molecular weight is 1090 g/mol. The molecular formula is C73H112O6. The van der Waals surface area contributed by atoms with E-state index < -0.39 is 6.10 Å². The highest BCUT2D eigenvalue weighted by Crippen LogP contribution is 2.13. The second kappa shape index (κ2) is 65.0. The van der Waals surface area contributed by atoms with Crippen molar-refractivity contribution in [3.63, 3.8) is 0 Å². The molecule has 0 aliphatic rings. The molecule has 0 bridgehead atoms. The fraction of sp³-hybridized carbons (Fsp3) is 0.548. The van der Waals surface area contributed by atoms with Gasteiger partial charge in [0.25, 0.3) is 0 Å². The zero-order chi connectivity index (χ0) is 57.1. The first kappa shape index (κ1) is 73.5. The Balaban J connectivity index is 4.46. The molecule has 6 heteroatoms. The summed E-state index contributed by atoms with van der Waals surface area (Å²) in [6.45, 7) is 6.21. The van der Waals surface area contributed by atoms with Crippen LogP contribution in [0.1, 0.15) is 239 Å². The van der Waals surface area contributed by atoms with Gasteiger partial charge in [-0.05, 0) is 148 Å². The quantitative estimate of drug-likeness (QED) is 0.0261. The van der Waals surface area contributed by atoms with Crippen LogP contribution in [0.15, 0.2) is 182 Å². The molecule has 0 heterocycles. The molecule has 0 saturated carbocycles. The summed E-state index contributed by atoms with van der Waals surface area (Å²) in [5, 5.41) is 0. The molecular weight excluding hydrogens is 973 g/mol. The second-order valence-electron chi connectivity index (χ2n) is 19.8. The number of allylic oxidation sites excluding steroid dienone is 30. The highest BCUT2D eigenvalue weighted by molar-refractivity contribution is 5.71. The van der Waals surface area contributed by atoms with Gasteiger partial charge in [-0.1, -0.05) is 254 Å². The Morgan fingerprint density at radius 1 is 0.253 bits per heavy atom. The molecule has 0 saturated heterocycles. The van der Waals surface area contributed by atoms with Gasteiger partial charge in [-0.2, -0.15) is 0 Å². The van der Waals surface area contributed by atoms with Gasteiger partial charge in [0.15, 0.2) is 6.10 Å². The smallest absolute Gasteiger partial charge is 0.306 e. The van der Waals surface area contributed by atoms with Crippen LogP contribution < -0.4 is 0 Å². The van der Waals surface area contributed by atoms with E-state index in [1.54, 1.807) is 0 Å². The van der Waals surface area contributed by atoms with Crippen LogP contribution in [-0.4, -0.2) is 37.2 Å². The molecule has 1 atom stereocenters. The average Bonchev–Trinajstić information content (AvgIpc) is 3.45. The molecule has 0 amide bonds. The lowest BCUT2D eigenvalue weighted by Gasteiger charge is -2.18. The van der Waals surface area contributed by atoms with Gasteiger partial charge in [0.2, 0.25) is 0 Å². The van der Waals surface area contributed by atoms with Crippen molar-refractivity contribution in [2.75, 3.05) is 13.2 Å². The van der Waals surface area contributed by atoms with Crippen LogP contribution in [0.25, 0.3) is 0 Å². The molecule has 6 nitrogen and oxygen atoms in total. The first-order valence-corrected chi connectivity index (χ1v) is 31.3. The number of carbonyl (C=O) groups excluding carboxylic acids is 3. The lowest BCUT2D eigenvalue weighted by molar-refractivity contribution is -0.167. The van der Waals surface area contributed by atoms with Gasteiger partial charge >= 0.3 is 17.9 Å². The maximum Gasteiger partial charge on any atom is 0.306 e. The van der Waals surface area contributed by atoms with Crippen LogP contribution in [0.3, 0.4) is 0 Å². The molecule has 0 aliphatic heterocycles. The fourth-order valence-corrected chi connectivity index (χ4v) is 7.82. The van der Waals surface area contributed by atoms with Crippen molar-refractivity contribution in [2.24, 2.45) is 0 Å². The standard InChI is InChI=1S/C73H112O6/c1-4-7-10-13-16-19-22-25-28-30-31-32-33-34-35-36-37-38-39-40-41-43-45-48-51-54-57-60-63-66-72(75)78-69-70(68-77-71(74)65-62-59-56-53-50-47-44-27-24-21-18-15-12-9-6-3)79-73(76)67-64-61-58-55-52-49-46-42-29-26-23-20-17-14-11-8-5-2/h7-12,16-21,25-29,31-32,34-35,37-38,40-41,44,46,49,55,58,70H,4-6,13-15,22-24,30,33,36,39,42-43,45,47-48,50-54,56-57,59-69H2,1-3H3/b10-7-,11-8-,12-9-,19-16-,20-17-,21-18-,28-25-,29-26-,32-31-,35-34-,38-37-,41-40-,44-27-,49-46-,58-55-. The molecule has 1 unspecified atom stereocenters. The summed E-state index contributed by atoms with van der Waals surface area (Å²) in [6.07, 6.45) is 97.5. The Labute approximate surface area is 484 Å². The third-order valence-corrected chi connectivity index (χ3v) is 12.4. The number of hydrogen-bond donors (Lipinski definition) is 0. The molecule has 440 valence electrons. The van der Waals surface area contributed by atoms with E-state index in [0.29, 0.717) is 19.3 Å². The lowest BCUT2D eigenvalue weighted by atomic mass is 10.1. The van der Waals surface area contributed by atoms with Gasteiger partial charge in [0.1, 0.15) is 13.2 Å². The fourth-order valence-electron chi connectivity index (χ4n) is 7.82. The number of hydrogen-bond acceptors (Lipinski definition) is 6. The Morgan fingerprint density at radius 3 is 0.747 bits per heavy atom. The van der Waals surface area contributed by atoms with Crippen molar-refractivity contribution >= 4 is 17.9 Å². The second-order valence-corrected chi connectivity index (χ2v) is 19.8. The van der Waals surface area contributed by atoms with Crippen molar-refractivity contribution in [3.8, 4) is 0 Å². The SMILES string of the molecule is CC/C=C\C/C=C\C/C=C\C/C=C\C/C=C\C/C=C\C/C=C\CCCCCCCCCC(=O)OCC(COC(=O)CCCCCCC/C=C\C/C=C\C/C=C\CC)OC(=O)CCC/C=C\C/C=C\C/C=C\C/C=C\C/C=C\CC. The molecule has 0 aromatic rings. The van der Waals surface area contributed by atoms with Gasteiger partial charge in [-0.15, -0.1) is 0 Å². The molecule has 79 heavy (non-hydrogen) atoms. The summed E-state index contributed by atoms with van der Waals surface area (Å²) in [7, 11) is 0. The predicted molar refractivity (Wildman–Crippen MR) is 343 cm³/mol. The van der Waals surface area contributed by atoms with E-state index in [1.165, 1.54) is 19.3 Å². The Hall–Kier alpha value is -5.49. The number of carbonyl (C=O) groups is 3. The summed E-state index contributed by atoms with van der Waals surface area (Å²) < 4.78 is 16.8. The molecule has 0 aromatic carbocycles. The molecule has 0 rings (SSSR count). The van der Waals surface area contributed by atoms with Crippen molar-refractivity contribution in [1.82, 2.24) is 0 Å². The molecule has 0 N–H and O–H groups in total. The van der Waals surface area contributed by atoms with Gasteiger partial charge in [0, 0.05) is 19.3 Å². The van der Waals surface area contributed by atoms with Crippen LogP contribution in [0.5, 0.6) is 0 Å². The minimum absolute atomic E-state index is 0.122. The van der Waals surface area contributed by atoms with E-state index in [1.807, 2.05) is 0 Å². The van der Waals surface area contributed by atoms with Gasteiger partial charge < -0.3 is 14.2 Å².